The Balaban J connectivity index is 2.45. The molecule has 0 radical (unpaired) electrons. The molecule has 0 fully saturated rings. The molecule has 2 aromatic rings. The topological polar surface area (TPSA) is 61.8 Å². The smallest absolute Gasteiger partial charge is 0.144 e. The van der Waals surface area contributed by atoms with Gasteiger partial charge < -0.3 is 11.1 Å². The van der Waals surface area contributed by atoms with Gasteiger partial charge in [-0.25, -0.2) is 4.39 Å². The van der Waals surface area contributed by atoms with E-state index in [1.54, 1.807) is 18.2 Å². The highest BCUT2D eigenvalue weighted by atomic mass is 35.5. The quantitative estimate of drug-likeness (QED) is 0.811. The van der Waals surface area contributed by atoms with Gasteiger partial charge in [0.15, 0.2) is 0 Å². The van der Waals surface area contributed by atoms with Crippen LogP contribution in [0.25, 0.3) is 0 Å². The first kappa shape index (κ1) is 13.5. The Kier molecular flexibility index (Phi) is 3.79. The van der Waals surface area contributed by atoms with E-state index in [1.807, 2.05) is 6.07 Å². The summed E-state index contributed by atoms with van der Waals surface area (Å²) >= 11 is 11.5. The molecule has 19 heavy (non-hydrogen) atoms. The highest BCUT2D eigenvalue weighted by Crippen LogP contribution is 2.30. The first-order chi connectivity index (χ1) is 9.01. The zero-order chi connectivity index (χ0) is 14.0. The highest BCUT2D eigenvalue weighted by Gasteiger charge is 2.09. The largest absolute Gasteiger partial charge is 0.397 e. The number of halogens is 3. The second kappa shape index (κ2) is 5.35. The lowest BCUT2D eigenvalue weighted by atomic mass is 10.1. The summed E-state index contributed by atoms with van der Waals surface area (Å²) < 4.78 is 13.4. The van der Waals surface area contributed by atoms with E-state index in [-0.39, 0.29) is 10.7 Å². The van der Waals surface area contributed by atoms with Crippen molar-refractivity contribution in [1.29, 1.82) is 5.26 Å². The third-order valence-corrected chi connectivity index (χ3v) is 2.99. The van der Waals surface area contributed by atoms with Crippen LogP contribution in [0.15, 0.2) is 30.3 Å². The van der Waals surface area contributed by atoms with Gasteiger partial charge >= 0.3 is 0 Å². The van der Waals surface area contributed by atoms with Crippen molar-refractivity contribution in [2.24, 2.45) is 0 Å². The molecule has 0 aliphatic heterocycles. The van der Waals surface area contributed by atoms with Crippen molar-refractivity contribution in [2.75, 3.05) is 11.1 Å². The number of nitrogens with two attached hydrogens (primary N) is 1. The Labute approximate surface area is 119 Å². The van der Waals surface area contributed by atoms with Crippen molar-refractivity contribution in [3.63, 3.8) is 0 Å². The number of hydrogen-bond donors (Lipinski definition) is 2. The molecule has 2 rings (SSSR count). The third kappa shape index (κ3) is 2.90. The lowest BCUT2D eigenvalue weighted by Crippen LogP contribution is -1.99. The number of nitriles is 1. The molecule has 0 heterocycles. The zero-order valence-electron chi connectivity index (χ0n) is 9.55. The second-order valence-electron chi connectivity index (χ2n) is 3.78. The van der Waals surface area contributed by atoms with Gasteiger partial charge in [0.1, 0.15) is 11.9 Å². The fraction of sp³-hybridized carbons (Fsp3) is 0. The van der Waals surface area contributed by atoms with Crippen LogP contribution >= 0.6 is 23.2 Å². The molecular formula is C13H8Cl2FN3. The number of nitrogen functional groups attached to an aromatic ring is 1. The van der Waals surface area contributed by atoms with Gasteiger partial charge in [-0.3, -0.25) is 0 Å². The van der Waals surface area contributed by atoms with Gasteiger partial charge in [0.25, 0.3) is 0 Å². The summed E-state index contributed by atoms with van der Waals surface area (Å²) in [4.78, 5) is 0. The molecule has 0 aromatic heterocycles. The van der Waals surface area contributed by atoms with Crippen LogP contribution in [0.4, 0.5) is 21.5 Å². The van der Waals surface area contributed by atoms with Crippen LogP contribution < -0.4 is 11.1 Å². The van der Waals surface area contributed by atoms with Crippen LogP contribution in [0.2, 0.25) is 10.0 Å². The van der Waals surface area contributed by atoms with Crippen molar-refractivity contribution in [1.82, 2.24) is 0 Å². The van der Waals surface area contributed by atoms with E-state index in [0.717, 1.165) is 0 Å². The molecule has 0 saturated heterocycles. The predicted molar refractivity (Wildman–Crippen MR) is 75.3 cm³/mol. The van der Waals surface area contributed by atoms with E-state index in [4.69, 9.17) is 34.2 Å². The van der Waals surface area contributed by atoms with Crippen LogP contribution in [0.3, 0.4) is 0 Å². The maximum atomic E-state index is 13.4. The monoisotopic (exact) mass is 295 g/mol. The Hall–Kier alpha value is -1.96. The van der Waals surface area contributed by atoms with Crippen LogP contribution in [-0.2, 0) is 0 Å². The molecule has 3 nitrogen and oxygen atoms in total. The van der Waals surface area contributed by atoms with Crippen molar-refractivity contribution in [2.45, 2.75) is 0 Å². The molecule has 3 N–H and O–H groups in total. The maximum absolute atomic E-state index is 13.4. The Bertz CT molecular complexity index is 680. The van der Waals surface area contributed by atoms with Gasteiger partial charge in [-0.05, 0) is 24.3 Å². The van der Waals surface area contributed by atoms with Gasteiger partial charge in [-0.2, -0.15) is 5.26 Å². The standard InChI is InChI=1S/C13H8Cl2FN3/c14-8-2-1-7(6-17)12(3-8)19-13-5-10(16)9(15)4-11(13)18/h1-5,19H,18H2. The minimum absolute atomic E-state index is 0.0605. The molecule has 0 atom stereocenters. The van der Waals surface area contributed by atoms with Crippen molar-refractivity contribution < 1.29 is 4.39 Å². The molecule has 96 valence electrons. The molecule has 0 aliphatic rings. The fourth-order valence-corrected chi connectivity index (χ4v) is 1.88. The average molecular weight is 296 g/mol. The first-order valence-electron chi connectivity index (χ1n) is 5.22. The average Bonchev–Trinajstić information content (AvgIpc) is 2.36. The Morgan fingerprint density at radius 2 is 1.89 bits per heavy atom. The lowest BCUT2D eigenvalue weighted by Gasteiger charge is -2.11. The highest BCUT2D eigenvalue weighted by molar-refractivity contribution is 6.31. The summed E-state index contributed by atoms with van der Waals surface area (Å²) in [6.45, 7) is 0. The minimum Gasteiger partial charge on any atom is -0.397 e. The fourth-order valence-electron chi connectivity index (χ4n) is 1.53. The van der Waals surface area contributed by atoms with Crippen LogP contribution in [0.5, 0.6) is 0 Å². The zero-order valence-corrected chi connectivity index (χ0v) is 11.1. The van der Waals surface area contributed by atoms with E-state index >= 15 is 0 Å². The SMILES string of the molecule is N#Cc1ccc(Cl)cc1Nc1cc(F)c(Cl)cc1N. The summed E-state index contributed by atoms with van der Waals surface area (Å²) in [6, 6.07) is 9.19. The van der Waals surface area contributed by atoms with Crippen LogP contribution in [0.1, 0.15) is 5.56 Å². The normalized spacial score (nSPS) is 10.0. The number of nitrogens with one attached hydrogen (secondary N) is 1. The van der Waals surface area contributed by atoms with Gasteiger partial charge in [-0.1, -0.05) is 23.2 Å². The number of nitrogens with zero attached hydrogens (tertiary/aromatic N) is 1. The van der Waals surface area contributed by atoms with Gasteiger partial charge in [0.05, 0.1) is 27.6 Å². The number of benzene rings is 2. The van der Waals surface area contributed by atoms with E-state index in [0.29, 0.717) is 22.0 Å². The van der Waals surface area contributed by atoms with E-state index in [2.05, 4.69) is 5.32 Å². The van der Waals surface area contributed by atoms with Gasteiger partial charge in [0.2, 0.25) is 0 Å². The number of hydrogen-bond acceptors (Lipinski definition) is 3. The predicted octanol–water partition coefficient (Wildman–Crippen LogP) is 4.33. The van der Waals surface area contributed by atoms with Gasteiger partial charge in [0, 0.05) is 11.1 Å². The first-order valence-corrected chi connectivity index (χ1v) is 5.98. The lowest BCUT2D eigenvalue weighted by molar-refractivity contribution is 0.629. The molecular weight excluding hydrogens is 288 g/mol. The van der Waals surface area contributed by atoms with E-state index in [9.17, 15) is 4.39 Å². The van der Waals surface area contributed by atoms with Crippen molar-refractivity contribution in [3.05, 3.63) is 51.8 Å². The number of anilines is 3. The summed E-state index contributed by atoms with van der Waals surface area (Å²) in [5.74, 6) is -0.598. The Morgan fingerprint density at radius 3 is 2.58 bits per heavy atom. The molecule has 6 heteroatoms. The molecule has 0 amide bonds. The van der Waals surface area contributed by atoms with Crippen LogP contribution in [-0.4, -0.2) is 0 Å². The summed E-state index contributed by atoms with van der Waals surface area (Å²) in [5, 5.41) is 12.3. The van der Waals surface area contributed by atoms with Crippen LogP contribution in [0, 0.1) is 17.1 Å². The molecule has 0 aliphatic carbocycles. The van der Waals surface area contributed by atoms with Crippen molar-refractivity contribution in [3.8, 4) is 6.07 Å². The second-order valence-corrected chi connectivity index (χ2v) is 4.62. The summed E-state index contributed by atoms with van der Waals surface area (Å²) in [6.07, 6.45) is 0. The molecule has 0 unspecified atom stereocenters. The minimum atomic E-state index is -0.598. The molecule has 0 bridgehead atoms. The third-order valence-electron chi connectivity index (χ3n) is 2.46. The maximum Gasteiger partial charge on any atom is 0.144 e. The molecule has 2 aromatic carbocycles. The summed E-state index contributed by atoms with van der Waals surface area (Å²) in [7, 11) is 0. The van der Waals surface area contributed by atoms with Gasteiger partial charge in [-0.15, -0.1) is 0 Å². The Morgan fingerprint density at radius 1 is 1.16 bits per heavy atom. The van der Waals surface area contributed by atoms with E-state index in [1.165, 1.54) is 12.1 Å². The molecule has 0 saturated carbocycles. The van der Waals surface area contributed by atoms with Crippen molar-refractivity contribution >= 4 is 40.3 Å². The molecule has 0 spiro atoms. The van der Waals surface area contributed by atoms with E-state index < -0.39 is 5.82 Å². The number of rotatable bonds is 2. The summed E-state index contributed by atoms with van der Waals surface area (Å²) in [5.41, 5.74) is 7.15.